The average molecular weight is 401 g/mol. The second-order valence-corrected chi connectivity index (χ2v) is 8.97. The van der Waals surface area contributed by atoms with Crippen LogP contribution in [0, 0.1) is 17.0 Å². The van der Waals surface area contributed by atoms with E-state index in [0.29, 0.717) is 23.7 Å². The maximum atomic E-state index is 14.4. The maximum Gasteiger partial charge on any atom is 0.260 e. The molecule has 1 N–H and O–H groups in total. The Morgan fingerprint density at radius 3 is 2.24 bits per heavy atom. The van der Waals surface area contributed by atoms with E-state index in [-0.39, 0.29) is 17.9 Å². The van der Waals surface area contributed by atoms with E-state index < -0.39 is 23.2 Å². The van der Waals surface area contributed by atoms with Gasteiger partial charge < -0.3 is 10.1 Å². The van der Waals surface area contributed by atoms with Crippen LogP contribution in [0.3, 0.4) is 0 Å². The van der Waals surface area contributed by atoms with E-state index in [4.69, 9.17) is 4.74 Å². The lowest BCUT2D eigenvalue weighted by atomic mass is 9.87. The van der Waals surface area contributed by atoms with E-state index in [1.165, 1.54) is 17.7 Å². The standard InChI is InChI=1S/C24H29F2NO2/c1-15(2)17-6-9-19(10-7-17)29-16(3)22(28)27-14-24(13-23(24,4)5)20-11-8-18(25)12-21(20)26/h6-12,15-16H,13-14H2,1-5H3,(H,27,28). The lowest BCUT2D eigenvalue weighted by Gasteiger charge is -2.24. The molecule has 1 amide bonds. The first-order valence-electron chi connectivity index (χ1n) is 10.1. The van der Waals surface area contributed by atoms with Crippen molar-refractivity contribution < 1.29 is 18.3 Å². The largest absolute Gasteiger partial charge is 0.481 e. The van der Waals surface area contributed by atoms with Crippen molar-refractivity contribution in [2.45, 2.75) is 58.5 Å². The third kappa shape index (κ3) is 4.29. The van der Waals surface area contributed by atoms with E-state index >= 15 is 0 Å². The van der Waals surface area contributed by atoms with Crippen LogP contribution in [0.1, 0.15) is 58.1 Å². The first kappa shape index (κ1) is 21.3. The van der Waals surface area contributed by atoms with Crippen molar-refractivity contribution in [1.82, 2.24) is 5.32 Å². The highest BCUT2D eigenvalue weighted by molar-refractivity contribution is 5.81. The minimum atomic E-state index is -0.683. The predicted molar refractivity (Wildman–Crippen MR) is 110 cm³/mol. The highest BCUT2D eigenvalue weighted by atomic mass is 19.1. The summed E-state index contributed by atoms with van der Waals surface area (Å²) in [6, 6.07) is 11.4. The normalized spacial score (nSPS) is 21.0. The third-order valence-corrected chi connectivity index (χ3v) is 6.15. The summed E-state index contributed by atoms with van der Waals surface area (Å²) < 4.78 is 33.5. The van der Waals surface area contributed by atoms with Crippen molar-refractivity contribution in [2.24, 2.45) is 5.41 Å². The van der Waals surface area contributed by atoms with Crippen molar-refractivity contribution in [3.05, 3.63) is 65.2 Å². The van der Waals surface area contributed by atoms with Crippen molar-refractivity contribution >= 4 is 5.91 Å². The van der Waals surface area contributed by atoms with Crippen LogP contribution in [0.25, 0.3) is 0 Å². The summed E-state index contributed by atoms with van der Waals surface area (Å²) in [7, 11) is 0. The molecule has 3 rings (SSSR count). The Labute approximate surface area is 171 Å². The van der Waals surface area contributed by atoms with Gasteiger partial charge in [-0.3, -0.25) is 4.79 Å². The Bertz CT molecular complexity index is 892. The molecule has 0 aromatic heterocycles. The fourth-order valence-electron chi connectivity index (χ4n) is 4.02. The maximum absolute atomic E-state index is 14.4. The number of amides is 1. The number of carbonyl (C=O) groups excluding carboxylic acids is 1. The molecular formula is C24H29F2NO2. The van der Waals surface area contributed by atoms with Gasteiger partial charge in [0.15, 0.2) is 6.10 Å². The third-order valence-electron chi connectivity index (χ3n) is 6.15. The second kappa shape index (κ2) is 7.77. The van der Waals surface area contributed by atoms with Crippen LogP contribution in [-0.4, -0.2) is 18.6 Å². The molecule has 29 heavy (non-hydrogen) atoms. The Balaban J connectivity index is 1.65. The summed E-state index contributed by atoms with van der Waals surface area (Å²) in [5.74, 6) is -0.380. The van der Waals surface area contributed by atoms with Crippen molar-refractivity contribution in [3.63, 3.8) is 0 Å². The fraction of sp³-hybridized carbons (Fsp3) is 0.458. The molecule has 0 saturated heterocycles. The molecule has 1 saturated carbocycles. The van der Waals surface area contributed by atoms with Crippen molar-refractivity contribution in [1.29, 1.82) is 0 Å². The molecule has 0 bridgehead atoms. The summed E-state index contributed by atoms with van der Waals surface area (Å²) in [4.78, 5) is 12.6. The number of benzene rings is 2. The second-order valence-electron chi connectivity index (χ2n) is 8.97. The van der Waals surface area contributed by atoms with Crippen LogP contribution in [0.4, 0.5) is 8.78 Å². The highest BCUT2D eigenvalue weighted by Gasteiger charge is 2.62. The minimum Gasteiger partial charge on any atom is -0.481 e. The zero-order valence-corrected chi connectivity index (χ0v) is 17.7. The summed E-state index contributed by atoms with van der Waals surface area (Å²) >= 11 is 0. The molecule has 5 heteroatoms. The van der Waals surface area contributed by atoms with Gasteiger partial charge in [-0.2, -0.15) is 0 Å². The van der Waals surface area contributed by atoms with E-state index in [0.717, 1.165) is 6.07 Å². The minimum absolute atomic E-state index is 0.185. The summed E-state index contributed by atoms with van der Waals surface area (Å²) in [5.41, 5.74) is 0.921. The number of ether oxygens (including phenoxy) is 1. The van der Waals surface area contributed by atoms with Gasteiger partial charge in [0.05, 0.1) is 0 Å². The summed E-state index contributed by atoms with van der Waals surface area (Å²) in [5, 5.41) is 2.91. The van der Waals surface area contributed by atoms with Crippen LogP contribution < -0.4 is 10.1 Å². The molecule has 3 nitrogen and oxygen atoms in total. The molecular weight excluding hydrogens is 372 g/mol. The summed E-state index contributed by atoms with van der Waals surface area (Å²) in [6.45, 7) is 10.3. The molecule has 0 aliphatic heterocycles. The van der Waals surface area contributed by atoms with E-state index in [1.807, 2.05) is 38.1 Å². The van der Waals surface area contributed by atoms with Crippen LogP contribution >= 0.6 is 0 Å². The molecule has 156 valence electrons. The van der Waals surface area contributed by atoms with Crippen LogP contribution in [-0.2, 0) is 10.2 Å². The molecule has 0 radical (unpaired) electrons. The molecule has 1 aliphatic rings. The number of carbonyl (C=O) groups is 1. The fourth-order valence-corrected chi connectivity index (χ4v) is 4.02. The van der Waals surface area contributed by atoms with Crippen molar-refractivity contribution in [2.75, 3.05) is 6.54 Å². The van der Waals surface area contributed by atoms with Gasteiger partial charge in [0.25, 0.3) is 5.91 Å². The Morgan fingerprint density at radius 2 is 1.72 bits per heavy atom. The molecule has 2 aromatic rings. The van der Waals surface area contributed by atoms with Crippen LogP contribution in [0.5, 0.6) is 5.75 Å². The Kier molecular flexibility index (Phi) is 5.70. The lowest BCUT2D eigenvalue weighted by molar-refractivity contribution is -0.127. The Morgan fingerprint density at radius 1 is 1.10 bits per heavy atom. The highest BCUT2D eigenvalue weighted by Crippen LogP contribution is 2.64. The van der Waals surface area contributed by atoms with Crippen LogP contribution in [0.2, 0.25) is 0 Å². The summed E-state index contributed by atoms with van der Waals surface area (Å²) in [6.07, 6.45) is 0.0336. The van der Waals surface area contributed by atoms with Gasteiger partial charge in [-0.05, 0) is 54.0 Å². The van der Waals surface area contributed by atoms with E-state index in [1.54, 1.807) is 6.92 Å². The van der Waals surface area contributed by atoms with Gasteiger partial charge in [-0.1, -0.05) is 45.9 Å². The predicted octanol–water partition coefficient (Wildman–Crippen LogP) is 5.34. The number of rotatable bonds is 7. The van der Waals surface area contributed by atoms with Gasteiger partial charge in [0.1, 0.15) is 17.4 Å². The lowest BCUT2D eigenvalue weighted by Crippen LogP contribution is -2.41. The van der Waals surface area contributed by atoms with Gasteiger partial charge in [0.2, 0.25) is 0 Å². The molecule has 2 atom stereocenters. The topological polar surface area (TPSA) is 38.3 Å². The first-order valence-corrected chi connectivity index (χ1v) is 10.1. The smallest absolute Gasteiger partial charge is 0.260 e. The monoisotopic (exact) mass is 401 g/mol. The number of hydrogen-bond acceptors (Lipinski definition) is 2. The van der Waals surface area contributed by atoms with Gasteiger partial charge in [0, 0.05) is 18.0 Å². The zero-order chi connectivity index (χ0) is 21.4. The van der Waals surface area contributed by atoms with E-state index in [2.05, 4.69) is 19.2 Å². The molecule has 0 spiro atoms. The van der Waals surface area contributed by atoms with Gasteiger partial charge in [-0.25, -0.2) is 8.78 Å². The number of nitrogens with one attached hydrogen (secondary N) is 1. The van der Waals surface area contributed by atoms with Gasteiger partial charge in [-0.15, -0.1) is 0 Å². The first-order chi connectivity index (χ1) is 13.6. The van der Waals surface area contributed by atoms with Gasteiger partial charge >= 0.3 is 0 Å². The number of halogens is 2. The van der Waals surface area contributed by atoms with Crippen molar-refractivity contribution in [3.8, 4) is 5.75 Å². The zero-order valence-electron chi connectivity index (χ0n) is 17.7. The average Bonchev–Trinajstić information content (AvgIpc) is 3.21. The molecule has 1 aliphatic carbocycles. The molecule has 2 aromatic carbocycles. The molecule has 1 fully saturated rings. The quantitative estimate of drug-likeness (QED) is 0.680. The number of hydrogen-bond donors (Lipinski definition) is 1. The molecule has 0 heterocycles. The van der Waals surface area contributed by atoms with Crippen LogP contribution in [0.15, 0.2) is 42.5 Å². The van der Waals surface area contributed by atoms with E-state index in [9.17, 15) is 13.6 Å². The SMILES string of the molecule is CC(Oc1ccc(C(C)C)cc1)C(=O)NCC1(c2ccc(F)cc2F)CC1(C)C. The molecule has 2 unspecified atom stereocenters. The Hall–Kier alpha value is -2.43.